The average Bonchev–Trinajstić information content (AvgIpc) is 3.27. The molecule has 2 heterocycles. The normalized spacial score (nSPS) is 11.7. The van der Waals surface area contributed by atoms with E-state index in [1.807, 2.05) is 6.08 Å². The highest BCUT2D eigenvalue weighted by molar-refractivity contribution is 5.92. The Balaban J connectivity index is 1.71. The van der Waals surface area contributed by atoms with Crippen molar-refractivity contribution in [1.29, 1.82) is 0 Å². The van der Waals surface area contributed by atoms with Crippen LogP contribution in [0.2, 0.25) is 0 Å². The molecule has 0 aliphatic carbocycles. The maximum absolute atomic E-state index is 14.5. The molecule has 0 bridgehead atoms. The molecule has 3 N–H and O–H groups in total. The van der Waals surface area contributed by atoms with Crippen LogP contribution < -0.4 is 5.32 Å². The van der Waals surface area contributed by atoms with Crippen molar-refractivity contribution in [2.75, 3.05) is 7.05 Å². The van der Waals surface area contributed by atoms with E-state index < -0.39 is 5.82 Å². The third kappa shape index (κ3) is 3.47. The van der Waals surface area contributed by atoms with E-state index in [0.717, 1.165) is 10.9 Å². The first-order chi connectivity index (χ1) is 13.1. The molecule has 0 radical (unpaired) electrons. The summed E-state index contributed by atoms with van der Waals surface area (Å²) >= 11 is 0. The molecule has 0 atom stereocenters. The summed E-state index contributed by atoms with van der Waals surface area (Å²) in [5.41, 5.74) is 2.37. The molecule has 136 valence electrons. The first-order valence-corrected chi connectivity index (χ1v) is 8.32. The minimum atomic E-state index is -0.424. The van der Waals surface area contributed by atoms with Crippen molar-refractivity contribution in [3.05, 3.63) is 65.1 Å². The van der Waals surface area contributed by atoms with E-state index >= 15 is 0 Å². The van der Waals surface area contributed by atoms with Gasteiger partial charge in [-0.15, -0.1) is 10.2 Å². The molecule has 0 aliphatic heterocycles. The third-order valence-corrected chi connectivity index (χ3v) is 4.12. The van der Waals surface area contributed by atoms with Gasteiger partial charge in [-0.05, 0) is 36.9 Å². The van der Waals surface area contributed by atoms with E-state index in [1.54, 1.807) is 31.3 Å². The number of hydrogen-bond donors (Lipinski definition) is 3. The van der Waals surface area contributed by atoms with E-state index in [0.29, 0.717) is 35.0 Å². The zero-order chi connectivity index (χ0) is 18.8. The Morgan fingerprint density at radius 1 is 1.07 bits per heavy atom. The second kappa shape index (κ2) is 7.08. The van der Waals surface area contributed by atoms with E-state index in [9.17, 15) is 8.78 Å². The van der Waals surface area contributed by atoms with Crippen LogP contribution in [-0.4, -0.2) is 32.4 Å². The van der Waals surface area contributed by atoms with Crippen LogP contribution in [0.1, 0.15) is 17.1 Å². The van der Waals surface area contributed by atoms with Gasteiger partial charge in [-0.25, -0.2) is 8.78 Å². The molecule has 0 aliphatic rings. The van der Waals surface area contributed by atoms with Crippen LogP contribution in [0.5, 0.6) is 0 Å². The number of aromatic nitrogens is 5. The smallest absolute Gasteiger partial charge is 0.164 e. The number of nitrogens with zero attached hydrogens (tertiary/aromatic N) is 3. The van der Waals surface area contributed by atoms with Crippen molar-refractivity contribution in [3.8, 4) is 11.4 Å². The van der Waals surface area contributed by atoms with Gasteiger partial charge < -0.3 is 10.3 Å². The highest BCUT2D eigenvalue weighted by Crippen LogP contribution is 2.27. The van der Waals surface area contributed by atoms with Crippen LogP contribution in [0, 0.1) is 11.6 Å². The summed E-state index contributed by atoms with van der Waals surface area (Å²) < 4.78 is 27.5. The van der Waals surface area contributed by atoms with Crippen LogP contribution in [-0.2, 0) is 6.54 Å². The number of hydrogen-bond acceptors (Lipinski definition) is 4. The van der Waals surface area contributed by atoms with Gasteiger partial charge in [-0.3, -0.25) is 5.10 Å². The van der Waals surface area contributed by atoms with Gasteiger partial charge in [0, 0.05) is 11.5 Å². The number of aromatic amines is 2. The van der Waals surface area contributed by atoms with Gasteiger partial charge in [-0.1, -0.05) is 18.2 Å². The Morgan fingerprint density at radius 2 is 1.89 bits per heavy atom. The largest absolute Gasteiger partial charge is 0.324 e. The lowest BCUT2D eigenvalue weighted by Crippen LogP contribution is -2.06. The molecule has 2 aromatic carbocycles. The molecule has 27 heavy (non-hydrogen) atoms. The summed E-state index contributed by atoms with van der Waals surface area (Å²) in [6, 6.07) is 9.19. The first-order valence-electron chi connectivity index (χ1n) is 8.32. The quantitative estimate of drug-likeness (QED) is 0.505. The number of rotatable bonds is 5. The van der Waals surface area contributed by atoms with E-state index in [4.69, 9.17) is 0 Å². The first kappa shape index (κ1) is 17.0. The average molecular weight is 366 g/mol. The van der Waals surface area contributed by atoms with Gasteiger partial charge in [0.25, 0.3) is 0 Å². The van der Waals surface area contributed by atoms with Crippen molar-refractivity contribution in [2.24, 2.45) is 0 Å². The highest BCUT2D eigenvalue weighted by atomic mass is 19.1. The third-order valence-electron chi connectivity index (χ3n) is 4.12. The molecular weight excluding hydrogens is 350 g/mol. The van der Waals surface area contributed by atoms with Crippen LogP contribution >= 0.6 is 0 Å². The van der Waals surface area contributed by atoms with Crippen molar-refractivity contribution in [3.63, 3.8) is 0 Å². The van der Waals surface area contributed by atoms with Gasteiger partial charge >= 0.3 is 0 Å². The minimum absolute atomic E-state index is 0.290. The Hall–Kier alpha value is -3.39. The Kier molecular flexibility index (Phi) is 4.47. The SMILES string of the molecule is CNCc1nnc(-c2cc3c(/C=C/c4ccc(F)cc4)n[nH]c3cc2F)[nH]1. The number of nitrogens with one attached hydrogen (secondary N) is 3. The van der Waals surface area contributed by atoms with Gasteiger partial charge in [0.2, 0.25) is 0 Å². The molecule has 0 saturated carbocycles. The van der Waals surface area contributed by atoms with Crippen molar-refractivity contribution >= 4 is 23.1 Å². The summed E-state index contributed by atoms with van der Waals surface area (Å²) in [5, 5.41) is 18.8. The predicted octanol–water partition coefficient (Wildman–Crippen LogP) is 3.52. The Morgan fingerprint density at radius 3 is 2.67 bits per heavy atom. The fourth-order valence-corrected chi connectivity index (χ4v) is 2.78. The van der Waals surface area contributed by atoms with Crippen LogP contribution in [0.25, 0.3) is 34.4 Å². The predicted molar refractivity (Wildman–Crippen MR) is 99.5 cm³/mol. The summed E-state index contributed by atoms with van der Waals surface area (Å²) in [6.45, 7) is 0.508. The van der Waals surface area contributed by atoms with Gasteiger partial charge in [0.15, 0.2) is 5.82 Å². The van der Waals surface area contributed by atoms with Crippen LogP contribution in [0.4, 0.5) is 8.78 Å². The zero-order valence-electron chi connectivity index (χ0n) is 14.4. The summed E-state index contributed by atoms with van der Waals surface area (Å²) in [4.78, 5) is 3.00. The molecular formula is C19H16F2N6. The van der Waals surface area contributed by atoms with Crippen LogP contribution in [0.15, 0.2) is 36.4 Å². The van der Waals surface area contributed by atoms with Crippen molar-refractivity contribution in [2.45, 2.75) is 6.54 Å². The number of benzene rings is 2. The Labute approximate surface area is 153 Å². The molecule has 4 rings (SSSR count). The second-order valence-corrected chi connectivity index (χ2v) is 6.02. The molecule has 0 fully saturated rings. The monoisotopic (exact) mass is 366 g/mol. The lowest BCUT2D eigenvalue weighted by Gasteiger charge is -2.00. The molecule has 6 nitrogen and oxygen atoms in total. The fraction of sp³-hybridized carbons (Fsp3) is 0.105. The maximum Gasteiger partial charge on any atom is 0.164 e. The van der Waals surface area contributed by atoms with Crippen LogP contribution in [0.3, 0.4) is 0 Å². The molecule has 0 unspecified atom stereocenters. The molecule has 2 aromatic heterocycles. The number of fused-ring (bicyclic) bond motifs is 1. The number of halogens is 2. The van der Waals surface area contributed by atoms with Crippen molar-refractivity contribution in [1.82, 2.24) is 30.7 Å². The summed E-state index contributed by atoms with van der Waals surface area (Å²) in [5.74, 6) is 0.263. The maximum atomic E-state index is 14.5. The van der Waals surface area contributed by atoms with E-state index in [1.165, 1.54) is 18.2 Å². The zero-order valence-corrected chi connectivity index (χ0v) is 14.4. The lowest BCUT2D eigenvalue weighted by molar-refractivity contribution is 0.627. The lowest BCUT2D eigenvalue weighted by atomic mass is 10.1. The highest BCUT2D eigenvalue weighted by Gasteiger charge is 2.14. The topological polar surface area (TPSA) is 82.3 Å². The van der Waals surface area contributed by atoms with Gasteiger partial charge in [0.05, 0.1) is 23.3 Å². The molecule has 0 amide bonds. The summed E-state index contributed by atoms with van der Waals surface area (Å²) in [6.07, 6.45) is 3.61. The molecule has 8 heteroatoms. The number of H-pyrrole nitrogens is 2. The standard InChI is InChI=1S/C19H16F2N6/c1-22-10-18-23-19(27-26-18)13-8-14-16(24-25-17(14)9-15(13)21)7-4-11-2-5-12(20)6-3-11/h2-9,22H,10H2,1H3,(H,24,25)(H,23,26,27)/b7-4+. The van der Waals surface area contributed by atoms with Crippen molar-refractivity contribution < 1.29 is 8.78 Å². The fourth-order valence-electron chi connectivity index (χ4n) is 2.78. The molecule has 4 aromatic rings. The van der Waals surface area contributed by atoms with Gasteiger partial charge in [-0.2, -0.15) is 5.10 Å². The van der Waals surface area contributed by atoms with E-state index in [2.05, 4.69) is 30.7 Å². The van der Waals surface area contributed by atoms with Gasteiger partial charge in [0.1, 0.15) is 17.5 Å². The molecule has 0 spiro atoms. The Bertz CT molecular complexity index is 1110. The second-order valence-electron chi connectivity index (χ2n) is 6.02. The minimum Gasteiger partial charge on any atom is -0.324 e. The van der Waals surface area contributed by atoms with E-state index in [-0.39, 0.29) is 5.82 Å². The summed E-state index contributed by atoms with van der Waals surface area (Å²) in [7, 11) is 1.79. The molecule has 0 saturated heterocycles.